The summed E-state index contributed by atoms with van der Waals surface area (Å²) in [6, 6.07) is 10.0. The molecule has 122 valence electrons. The molecule has 0 N–H and O–H groups in total. The first-order valence-corrected chi connectivity index (χ1v) is 7.03. The summed E-state index contributed by atoms with van der Waals surface area (Å²) in [5.74, 6) is 0. The van der Waals surface area contributed by atoms with Crippen molar-refractivity contribution in [3.63, 3.8) is 0 Å². The standard InChI is InChI=1S/C18H8F6/c19-17(20,21)13-7-3-9-1-2-10-4-8-14(18(22,23)24)12-6-5-11(13)15(9)16(10)12/h1-8H. The third kappa shape index (κ3) is 2.02. The minimum atomic E-state index is -4.57. The Labute approximate surface area is 131 Å². The van der Waals surface area contributed by atoms with Crippen LogP contribution in [0.15, 0.2) is 48.5 Å². The first-order chi connectivity index (χ1) is 11.2. The number of hydrogen-bond acceptors (Lipinski definition) is 0. The van der Waals surface area contributed by atoms with Gasteiger partial charge < -0.3 is 0 Å². The average molecular weight is 338 g/mol. The Balaban J connectivity index is 2.26. The van der Waals surface area contributed by atoms with Gasteiger partial charge in [-0.15, -0.1) is 0 Å². The number of alkyl halides is 6. The predicted molar refractivity (Wildman–Crippen MR) is 80.2 cm³/mol. The highest BCUT2D eigenvalue weighted by Crippen LogP contribution is 2.44. The lowest BCUT2D eigenvalue weighted by molar-refractivity contribution is -0.137. The summed E-state index contributed by atoms with van der Waals surface area (Å²) in [5, 5.41) is 1.22. The van der Waals surface area contributed by atoms with Gasteiger partial charge in [-0.1, -0.05) is 36.4 Å². The summed E-state index contributed by atoms with van der Waals surface area (Å²) in [4.78, 5) is 0. The van der Waals surface area contributed by atoms with Crippen molar-refractivity contribution in [2.75, 3.05) is 0 Å². The molecule has 4 aromatic carbocycles. The van der Waals surface area contributed by atoms with Crippen LogP contribution in [0.1, 0.15) is 11.1 Å². The predicted octanol–water partition coefficient (Wildman–Crippen LogP) is 6.62. The van der Waals surface area contributed by atoms with Crippen molar-refractivity contribution in [3.05, 3.63) is 59.7 Å². The first-order valence-electron chi connectivity index (χ1n) is 7.03. The van der Waals surface area contributed by atoms with E-state index in [4.69, 9.17) is 0 Å². The van der Waals surface area contributed by atoms with Gasteiger partial charge in [-0.05, 0) is 44.5 Å². The molecular formula is C18H8F6. The molecule has 0 saturated heterocycles. The lowest BCUT2D eigenvalue weighted by Crippen LogP contribution is -2.08. The number of hydrogen-bond donors (Lipinski definition) is 0. The topological polar surface area (TPSA) is 0 Å². The Morgan fingerprint density at radius 2 is 0.792 bits per heavy atom. The molecule has 4 aromatic rings. The van der Waals surface area contributed by atoms with Crippen molar-refractivity contribution in [2.24, 2.45) is 0 Å². The minimum Gasteiger partial charge on any atom is -0.166 e. The molecule has 0 radical (unpaired) electrons. The van der Waals surface area contributed by atoms with E-state index in [1.54, 1.807) is 12.1 Å². The van der Waals surface area contributed by atoms with E-state index in [1.807, 2.05) is 0 Å². The van der Waals surface area contributed by atoms with E-state index in [9.17, 15) is 26.3 Å². The molecule has 0 heterocycles. The molecule has 4 rings (SSSR count). The van der Waals surface area contributed by atoms with Gasteiger partial charge in [-0.25, -0.2) is 0 Å². The molecule has 0 saturated carbocycles. The van der Waals surface area contributed by atoms with Gasteiger partial charge >= 0.3 is 12.4 Å². The Morgan fingerprint density at radius 1 is 0.458 bits per heavy atom. The summed E-state index contributed by atoms with van der Waals surface area (Å²) in [5.41, 5.74) is -1.69. The lowest BCUT2D eigenvalue weighted by Gasteiger charge is -2.18. The number of benzene rings is 4. The van der Waals surface area contributed by atoms with E-state index in [0.29, 0.717) is 10.8 Å². The zero-order valence-corrected chi connectivity index (χ0v) is 11.9. The number of halogens is 6. The van der Waals surface area contributed by atoms with Gasteiger partial charge in [0.05, 0.1) is 11.1 Å². The molecule has 6 heteroatoms. The Morgan fingerprint density at radius 3 is 1.12 bits per heavy atom. The van der Waals surface area contributed by atoms with Gasteiger partial charge in [0, 0.05) is 0 Å². The molecular weight excluding hydrogens is 330 g/mol. The molecule has 0 nitrogen and oxygen atoms in total. The second-order valence-electron chi connectivity index (χ2n) is 5.64. The normalized spacial score (nSPS) is 13.4. The van der Waals surface area contributed by atoms with Crippen molar-refractivity contribution < 1.29 is 26.3 Å². The van der Waals surface area contributed by atoms with Crippen LogP contribution in [0.5, 0.6) is 0 Å². The highest BCUT2D eigenvalue weighted by atomic mass is 19.4. The Hall–Kier alpha value is -2.50. The van der Waals surface area contributed by atoms with Crippen molar-refractivity contribution in [1.82, 2.24) is 0 Å². The fraction of sp³-hybridized carbons (Fsp3) is 0.111. The average Bonchev–Trinajstić information content (AvgIpc) is 2.50. The second kappa shape index (κ2) is 4.53. The zero-order valence-electron chi connectivity index (χ0n) is 11.9. The SMILES string of the molecule is FC(F)(F)c1ccc2ccc3ccc(C(F)(F)F)c4ccc1c2c34. The van der Waals surface area contributed by atoms with Crippen LogP contribution in [0.3, 0.4) is 0 Å². The van der Waals surface area contributed by atoms with E-state index < -0.39 is 23.5 Å². The van der Waals surface area contributed by atoms with Crippen LogP contribution in [-0.2, 0) is 12.4 Å². The molecule has 0 unspecified atom stereocenters. The van der Waals surface area contributed by atoms with Gasteiger partial charge in [-0.2, -0.15) is 26.3 Å². The van der Waals surface area contributed by atoms with Crippen LogP contribution in [-0.4, -0.2) is 0 Å². The van der Waals surface area contributed by atoms with E-state index in [2.05, 4.69) is 0 Å². The Bertz CT molecular complexity index is 985. The monoisotopic (exact) mass is 338 g/mol. The van der Waals surface area contributed by atoms with Gasteiger partial charge in [0.15, 0.2) is 0 Å². The van der Waals surface area contributed by atoms with E-state index in [-0.39, 0.29) is 21.5 Å². The smallest absolute Gasteiger partial charge is 0.166 e. The van der Waals surface area contributed by atoms with Crippen molar-refractivity contribution >= 4 is 32.3 Å². The van der Waals surface area contributed by atoms with Crippen molar-refractivity contribution in [2.45, 2.75) is 12.4 Å². The maximum absolute atomic E-state index is 13.2. The lowest BCUT2D eigenvalue weighted by atomic mass is 9.90. The molecule has 0 amide bonds. The minimum absolute atomic E-state index is 0.0857. The van der Waals surface area contributed by atoms with Crippen LogP contribution in [0.25, 0.3) is 32.3 Å². The van der Waals surface area contributed by atoms with Gasteiger partial charge in [0.2, 0.25) is 0 Å². The van der Waals surface area contributed by atoms with Gasteiger partial charge in [-0.3, -0.25) is 0 Å². The fourth-order valence-corrected chi connectivity index (χ4v) is 3.30. The van der Waals surface area contributed by atoms with Gasteiger partial charge in [0.1, 0.15) is 0 Å². The van der Waals surface area contributed by atoms with Crippen LogP contribution in [0.4, 0.5) is 26.3 Å². The highest BCUT2D eigenvalue weighted by Gasteiger charge is 2.35. The first kappa shape index (κ1) is 15.1. The molecule has 0 fully saturated rings. The molecule has 0 bridgehead atoms. The van der Waals surface area contributed by atoms with Gasteiger partial charge in [0.25, 0.3) is 0 Å². The van der Waals surface area contributed by atoms with E-state index >= 15 is 0 Å². The summed E-state index contributed by atoms with van der Waals surface area (Å²) in [6.07, 6.45) is -9.15. The molecule has 24 heavy (non-hydrogen) atoms. The van der Waals surface area contributed by atoms with Crippen LogP contribution >= 0.6 is 0 Å². The maximum atomic E-state index is 13.2. The molecule has 0 aliphatic rings. The maximum Gasteiger partial charge on any atom is 0.417 e. The summed E-state index contributed by atoms with van der Waals surface area (Å²) >= 11 is 0. The van der Waals surface area contributed by atoms with Crippen LogP contribution < -0.4 is 0 Å². The largest absolute Gasteiger partial charge is 0.417 e. The van der Waals surface area contributed by atoms with Crippen LogP contribution in [0.2, 0.25) is 0 Å². The highest BCUT2D eigenvalue weighted by molar-refractivity contribution is 6.24. The van der Waals surface area contributed by atoms with Crippen molar-refractivity contribution in [1.29, 1.82) is 0 Å². The fourth-order valence-electron chi connectivity index (χ4n) is 3.30. The summed E-state index contributed by atoms with van der Waals surface area (Å²) in [7, 11) is 0. The third-order valence-electron chi connectivity index (χ3n) is 4.28. The van der Waals surface area contributed by atoms with E-state index in [1.165, 1.54) is 12.1 Å². The third-order valence-corrected chi connectivity index (χ3v) is 4.28. The molecule has 0 aliphatic heterocycles. The second-order valence-corrected chi connectivity index (χ2v) is 5.64. The van der Waals surface area contributed by atoms with E-state index in [0.717, 1.165) is 24.3 Å². The molecule has 0 aromatic heterocycles. The summed E-state index contributed by atoms with van der Waals surface area (Å²) in [6.45, 7) is 0. The molecule has 0 atom stereocenters. The summed E-state index contributed by atoms with van der Waals surface area (Å²) < 4.78 is 79.4. The van der Waals surface area contributed by atoms with Crippen molar-refractivity contribution in [3.8, 4) is 0 Å². The quantitative estimate of drug-likeness (QED) is 0.250. The molecule has 0 spiro atoms. The number of rotatable bonds is 0. The molecule has 0 aliphatic carbocycles. The Kier molecular flexibility index (Phi) is 2.84. The van der Waals surface area contributed by atoms with Crippen LogP contribution in [0, 0.1) is 0 Å². The zero-order chi connectivity index (χ0) is 17.3.